The largest absolute Gasteiger partial charge is 0.418 e. The molecule has 28 heavy (non-hydrogen) atoms. The molecule has 0 saturated carbocycles. The van der Waals surface area contributed by atoms with Crippen molar-refractivity contribution in [3.8, 4) is 0 Å². The minimum atomic E-state index is -4.89. The van der Waals surface area contributed by atoms with E-state index in [4.69, 9.17) is 4.55 Å². The van der Waals surface area contributed by atoms with Crippen LogP contribution >= 0.6 is 0 Å². The van der Waals surface area contributed by atoms with Crippen molar-refractivity contribution in [2.45, 2.75) is 45.2 Å². The molecule has 3 aliphatic heterocycles. The van der Waals surface area contributed by atoms with Gasteiger partial charge in [0.05, 0.1) is 6.04 Å². The van der Waals surface area contributed by atoms with Crippen LogP contribution in [0.5, 0.6) is 0 Å². The second kappa shape index (κ2) is 7.46. The van der Waals surface area contributed by atoms with Gasteiger partial charge in [0.1, 0.15) is 6.04 Å². The molecule has 3 saturated heterocycles. The molecular formula is C15H25N5O7S. The van der Waals surface area contributed by atoms with Gasteiger partial charge in [-0.2, -0.15) is 13.5 Å². The zero-order chi connectivity index (χ0) is 20.7. The molecule has 12 nitrogen and oxygen atoms in total. The number of amides is 4. The van der Waals surface area contributed by atoms with Gasteiger partial charge in [-0.25, -0.2) is 4.79 Å². The Balaban J connectivity index is 1.66. The van der Waals surface area contributed by atoms with E-state index in [0.717, 1.165) is 13.1 Å². The smallest absolute Gasteiger partial charge is 0.317 e. The number of carbonyl (C=O) groups excluding carboxylic acids is 3. The average molecular weight is 419 g/mol. The van der Waals surface area contributed by atoms with Crippen molar-refractivity contribution in [2.75, 3.05) is 19.6 Å². The van der Waals surface area contributed by atoms with Crippen LogP contribution in [0.1, 0.15) is 33.1 Å². The lowest BCUT2D eigenvalue weighted by Gasteiger charge is -2.40. The third-order valence-electron chi connectivity index (χ3n) is 5.58. The number of piperidine rings is 2. The van der Waals surface area contributed by atoms with Crippen molar-refractivity contribution in [3.05, 3.63) is 0 Å². The summed E-state index contributed by atoms with van der Waals surface area (Å²) in [5, 5.41) is 3.74. The minimum absolute atomic E-state index is 0.0572. The highest BCUT2D eigenvalue weighted by molar-refractivity contribution is 7.80. The Morgan fingerprint density at radius 1 is 1.21 bits per heavy atom. The van der Waals surface area contributed by atoms with Gasteiger partial charge >= 0.3 is 16.4 Å². The Morgan fingerprint density at radius 3 is 2.43 bits per heavy atom. The third kappa shape index (κ3) is 4.21. The van der Waals surface area contributed by atoms with Crippen molar-refractivity contribution in [1.29, 1.82) is 0 Å². The van der Waals surface area contributed by atoms with Crippen LogP contribution in [0.15, 0.2) is 0 Å². The first-order chi connectivity index (χ1) is 13.0. The summed E-state index contributed by atoms with van der Waals surface area (Å²) in [6, 6.07) is -2.41. The predicted octanol–water partition coefficient (Wildman–Crippen LogP) is -1.23. The van der Waals surface area contributed by atoms with Crippen LogP contribution < -0.4 is 16.2 Å². The van der Waals surface area contributed by atoms with Crippen molar-refractivity contribution in [3.63, 3.8) is 0 Å². The lowest BCUT2D eigenvalue weighted by Crippen LogP contribution is -2.58. The monoisotopic (exact) mass is 419 g/mol. The molecule has 2 bridgehead atoms. The molecule has 0 spiro atoms. The minimum Gasteiger partial charge on any atom is -0.317 e. The molecule has 4 N–H and O–H groups in total. The number of rotatable bonds is 4. The molecule has 2 atom stereocenters. The fourth-order valence-corrected chi connectivity index (χ4v) is 4.35. The van der Waals surface area contributed by atoms with Gasteiger partial charge in [0.2, 0.25) is 5.91 Å². The van der Waals surface area contributed by atoms with Crippen LogP contribution in [-0.2, 0) is 24.3 Å². The molecule has 158 valence electrons. The SMILES string of the molecule is CC1(C)C[C@@H](C(=O)NNC(=O)C2CCNCC2)N2C[C@@H]1N(OS(=O)(=O)O)C2=O. The second-order valence-electron chi connectivity index (χ2n) is 7.99. The van der Waals surface area contributed by atoms with E-state index in [1.54, 1.807) is 13.8 Å². The van der Waals surface area contributed by atoms with Crippen molar-refractivity contribution in [2.24, 2.45) is 11.3 Å². The average Bonchev–Trinajstić information content (AvgIpc) is 2.90. The summed E-state index contributed by atoms with van der Waals surface area (Å²) >= 11 is 0. The Bertz CT molecular complexity index is 765. The topological polar surface area (TPSA) is 157 Å². The molecule has 0 aromatic rings. The van der Waals surface area contributed by atoms with E-state index >= 15 is 0 Å². The summed E-state index contributed by atoms with van der Waals surface area (Å²) in [5.41, 5.74) is 4.12. The summed E-state index contributed by atoms with van der Waals surface area (Å²) in [6.07, 6.45) is 1.57. The number of carbonyl (C=O) groups is 3. The number of hydrazine groups is 1. The molecule has 0 aliphatic carbocycles. The van der Waals surface area contributed by atoms with E-state index < -0.39 is 39.8 Å². The third-order valence-corrected chi connectivity index (χ3v) is 5.93. The van der Waals surface area contributed by atoms with Gasteiger partial charge in [-0.05, 0) is 37.8 Å². The molecule has 3 fully saturated rings. The van der Waals surface area contributed by atoms with Crippen LogP contribution in [-0.4, -0.2) is 72.5 Å². The van der Waals surface area contributed by atoms with E-state index in [9.17, 15) is 22.8 Å². The number of hydrogen-bond acceptors (Lipinski definition) is 7. The van der Waals surface area contributed by atoms with Crippen molar-refractivity contribution in [1.82, 2.24) is 26.1 Å². The summed E-state index contributed by atoms with van der Waals surface area (Å²) in [7, 11) is -4.89. The van der Waals surface area contributed by atoms with Crippen LogP contribution in [0, 0.1) is 11.3 Å². The van der Waals surface area contributed by atoms with E-state index in [1.807, 2.05) is 0 Å². The lowest BCUT2D eigenvalue weighted by molar-refractivity contribution is -0.135. The Labute approximate surface area is 162 Å². The first-order valence-corrected chi connectivity index (χ1v) is 10.4. The summed E-state index contributed by atoms with van der Waals surface area (Å²) in [5.74, 6) is -1.05. The quantitative estimate of drug-likeness (QED) is 0.326. The number of hydroxylamine groups is 2. The van der Waals surface area contributed by atoms with Gasteiger partial charge in [0.15, 0.2) is 0 Å². The Morgan fingerprint density at radius 2 is 1.82 bits per heavy atom. The number of urea groups is 1. The van der Waals surface area contributed by atoms with Gasteiger partial charge in [-0.15, -0.1) is 4.28 Å². The van der Waals surface area contributed by atoms with Crippen LogP contribution in [0.2, 0.25) is 0 Å². The van der Waals surface area contributed by atoms with E-state index in [0.29, 0.717) is 17.9 Å². The molecule has 3 heterocycles. The number of nitrogens with one attached hydrogen (secondary N) is 3. The lowest BCUT2D eigenvalue weighted by atomic mass is 9.76. The predicted molar refractivity (Wildman–Crippen MR) is 94.4 cm³/mol. The molecule has 13 heteroatoms. The molecule has 3 aliphatic rings. The second-order valence-corrected chi connectivity index (χ2v) is 8.99. The fraction of sp³-hybridized carbons (Fsp3) is 0.800. The van der Waals surface area contributed by atoms with Gasteiger partial charge in [0, 0.05) is 12.5 Å². The van der Waals surface area contributed by atoms with Gasteiger partial charge in [-0.1, -0.05) is 13.8 Å². The normalized spacial score (nSPS) is 27.6. The highest BCUT2D eigenvalue weighted by Crippen LogP contribution is 2.42. The molecule has 0 unspecified atom stereocenters. The van der Waals surface area contributed by atoms with Crippen LogP contribution in [0.3, 0.4) is 0 Å². The highest BCUT2D eigenvalue weighted by Gasteiger charge is 2.56. The van der Waals surface area contributed by atoms with Crippen molar-refractivity contribution < 1.29 is 31.6 Å². The zero-order valence-corrected chi connectivity index (χ0v) is 16.5. The summed E-state index contributed by atoms with van der Waals surface area (Å²) in [4.78, 5) is 38.5. The van der Waals surface area contributed by atoms with Crippen LogP contribution in [0.25, 0.3) is 0 Å². The van der Waals surface area contributed by atoms with Gasteiger partial charge in [-0.3, -0.25) is 25.0 Å². The first kappa shape index (κ1) is 20.8. The maximum absolute atomic E-state index is 12.6. The van der Waals surface area contributed by atoms with E-state index in [1.165, 1.54) is 4.90 Å². The molecule has 0 aromatic carbocycles. The molecule has 3 rings (SSSR count). The number of nitrogens with zero attached hydrogens (tertiary/aromatic N) is 2. The molecule has 0 radical (unpaired) electrons. The Kier molecular flexibility index (Phi) is 5.53. The maximum atomic E-state index is 12.6. The molecule has 0 aromatic heterocycles. The number of hydrogen-bond donors (Lipinski definition) is 4. The first-order valence-electron chi connectivity index (χ1n) is 9.07. The summed E-state index contributed by atoms with van der Waals surface area (Å²) < 4.78 is 35.5. The van der Waals surface area contributed by atoms with Crippen molar-refractivity contribution >= 4 is 28.2 Å². The number of fused-ring (bicyclic) bond motifs is 2. The van der Waals surface area contributed by atoms with Gasteiger partial charge in [0.25, 0.3) is 5.91 Å². The molecule has 4 amide bonds. The van der Waals surface area contributed by atoms with E-state index in [-0.39, 0.29) is 24.8 Å². The Hall–Kier alpha value is -1.96. The summed E-state index contributed by atoms with van der Waals surface area (Å²) in [6.45, 7) is 5.05. The van der Waals surface area contributed by atoms with Crippen LogP contribution in [0.4, 0.5) is 4.79 Å². The maximum Gasteiger partial charge on any atom is 0.418 e. The fourth-order valence-electron chi connectivity index (χ4n) is 3.98. The highest BCUT2D eigenvalue weighted by atomic mass is 32.3. The van der Waals surface area contributed by atoms with E-state index in [2.05, 4.69) is 20.5 Å². The standard InChI is InChI=1S/C15H25N5O7S/c1-15(2)7-10(13(22)18-17-12(21)9-3-5-16-6-4-9)19-8-11(15)20(14(19)23)27-28(24,25)26/h9-11,16H,3-8H2,1-2H3,(H,17,21)(H,18,22)(H,24,25,26)/t10-,11-/m0/s1. The van der Waals surface area contributed by atoms with Gasteiger partial charge < -0.3 is 10.2 Å². The zero-order valence-electron chi connectivity index (χ0n) is 15.7. The molecular weight excluding hydrogens is 394 g/mol.